The summed E-state index contributed by atoms with van der Waals surface area (Å²) in [4.78, 5) is 28.2. The van der Waals surface area contributed by atoms with Crippen LogP contribution in [-0.2, 0) is 4.79 Å². The molecule has 0 radical (unpaired) electrons. The topological polar surface area (TPSA) is 94.3 Å². The zero-order valence-corrected chi connectivity index (χ0v) is 10.8. The Bertz CT molecular complexity index is 505. The summed E-state index contributed by atoms with van der Waals surface area (Å²) in [5, 5.41) is 17.4. The van der Waals surface area contributed by atoms with Gasteiger partial charge in [-0.25, -0.2) is 4.98 Å². The largest absolute Gasteiger partial charge is 0.481 e. The molecular weight excluding hydrogens is 246 g/mol. The van der Waals surface area contributed by atoms with Crippen molar-refractivity contribution in [3.8, 4) is 6.07 Å². The quantitative estimate of drug-likeness (QED) is 0.861. The fourth-order valence-electron chi connectivity index (χ4n) is 1.75. The molecule has 1 aromatic rings. The number of hydrogen-bond donors (Lipinski definition) is 1. The zero-order chi connectivity index (χ0) is 14.4. The normalized spacial score (nSPS) is 11.4. The minimum atomic E-state index is -0.952. The maximum Gasteiger partial charge on any atom is 0.305 e. The van der Waals surface area contributed by atoms with Crippen LogP contribution in [0.1, 0.15) is 36.3 Å². The Morgan fingerprint density at radius 3 is 2.63 bits per heavy atom. The van der Waals surface area contributed by atoms with E-state index in [1.807, 2.05) is 6.07 Å². The second kappa shape index (κ2) is 6.50. The predicted molar refractivity (Wildman–Crippen MR) is 67.4 cm³/mol. The summed E-state index contributed by atoms with van der Waals surface area (Å²) in [6.45, 7) is 3.86. The molecule has 0 saturated carbocycles. The average Bonchev–Trinajstić information content (AvgIpc) is 2.38. The number of carboxylic acids is 1. The van der Waals surface area contributed by atoms with Crippen molar-refractivity contribution >= 4 is 11.9 Å². The van der Waals surface area contributed by atoms with E-state index in [9.17, 15) is 9.59 Å². The van der Waals surface area contributed by atoms with Crippen LogP contribution in [-0.4, -0.2) is 39.5 Å². The van der Waals surface area contributed by atoms with Crippen molar-refractivity contribution in [2.45, 2.75) is 26.3 Å². The number of hydrogen-bond acceptors (Lipinski definition) is 4. The van der Waals surface area contributed by atoms with Crippen molar-refractivity contribution in [1.82, 2.24) is 9.88 Å². The SMILES string of the molecule is CCN(C(=O)c1ccc(C#N)cn1)C(C)CC(=O)O. The minimum Gasteiger partial charge on any atom is -0.481 e. The van der Waals surface area contributed by atoms with E-state index in [0.717, 1.165) is 0 Å². The van der Waals surface area contributed by atoms with Crippen LogP contribution in [0.5, 0.6) is 0 Å². The number of pyridine rings is 1. The lowest BCUT2D eigenvalue weighted by Gasteiger charge is -2.26. The molecule has 1 unspecified atom stereocenters. The number of carboxylic acid groups (broad SMARTS) is 1. The summed E-state index contributed by atoms with van der Waals surface area (Å²) in [6, 6.07) is 4.49. The van der Waals surface area contributed by atoms with Crippen molar-refractivity contribution in [3.63, 3.8) is 0 Å². The molecule has 0 saturated heterocycles. The number of aromatic nitrogens is 1. The number of aliphatic carboxylic acids is 1. The molecule has 0 aromatic carbocycles. The molecule has 6 heteroatoms. The molecule has 0 aliphatic rings. The molecule has 6 nitrogen and oxygen atoms in total. The van der Waals surface area contributed by atoms with Gasteiger partial charge in [0.25, 0.3) is 5.91 Å². The van der Waals surface area contributed by atoms with Gasteiger partial charge in [-0.2, -0.15) is 5.26 Å². The highest BCUT2D eigenvalue weighted by Gasteiger charge is 2.22. The second-order valence-corrected chi connectivity index (χ2v) is 4.08. The lowest BCUT2D eigenvalue weighted by molar-refractivity contribution is -0.138. The summed E-state index contributed by atoms with van der Waals surface area (Å²) in [5.41, 5.74) is 0.580. The van der Waals surface area contributed by atoms with Crippen molar-refractivity contribution < 1.29 is 14.7 Å². The highest BCUT2D eigenvalue weighted by atomic mass is 16.4. The fourth-order valence-corrected chi connectivity index (χ4v) is 1.75. The summed E-state index contributed by atoms with van der Waals surface area (Å²) in [7, 11) is 0. The summed E-state index contributed by atoms with van der Waals surface area (Å²) in [6.07, 6.45) is 1.21. The Hall–Kier alpha value is -2.42. The Balaban J connectivity index is 2.88. The third-order valence-electron chi connectivity index (χ3n) is 2.72. The first-order chi connectivity index (χ1) is 8.99. The van der Waals surface area contributed by atoms with E-state index in [-0.39, 0.29) is 18.0 Å². The van der Waals surface area contributed by atoms with Gasteiger partial charge >= 0.3 is 5.97 Å². The highest BCUT2D eigenvalue weighted by molar-refractivity contribution is 5.92. The van der Waals surface area contributed by atoms with E-state index >= 15 is 0 Å². The maximum atomic E-state index is 12.2. The van der Waals surface area contributed by atoms with Gasteiger partial charge in [0.1, 0.15) is 11.8 Å². The number of nitriles is 1. The van der Waals surface area contributed by atoms with Crippen molar-refractivity contribution in [2.24, 2.45) is 0 Å². The van der Waals surface area contributed by atoms with Crippen molar-refractivity contribution in [1.29, 1.82) is 5.26 Å². The molecule has 0 aliphatic carbocycles. The van der Waals surface area contributed by atoms with Gasteiger partial charge in [-0.1, -0.05) is 0 Å². The zero-order valence-electron chi connectivity index (χ0n) is 10.8. The third kappa shape index (κ3) is 3.78. The van der Waals surface area contributed by atoms with Gasteiger partial charge in [0.2, 0.25) is 0 Å². The van der Waals surface area contributed by atoms with Crippen LogP contribution in [0.25, 0.3) is 0 Å². The predicted octanol–water partition coefficient (Wildman–Crippen LogP) is 1.28. The number of rotatable bonds is 5. The molecule has 0 spiro atoms. The van der Waals surface area contributed by atoms with E-state index in [4.69, 9.17) is 10.4 Å². The van der Waals surface area contributed by atoms with Gasteiger partial charge in [0.05, 0.1) is 12.0 Å². The van der Waals surface area contributed by atoms with Crippen LogP contribution in [0.4, 0.5) is 0 Å². The van der Waals surface area contributed by atoms with Crippen molar-refractivity contribution in [3.05, 3.63) is 29.6 Å². The van der Waals surface area contributed by atoms with Crippen LogP contribution in [0.3, 0.4) is 0 Å². The van der Waals surface area contributed by atoms with Gasteiger partial charge < -0.3 is 10.0 Å². The molecule has 1 N–H and O–H groups in total. The smallest absolute Gasteiger partial charge is 0.305 e. The van der Waals surface area contributed by atoms with Crippen LogP contribution in [0.2, 0.25) is 0 Å². The third-order valence-corrected chi connectivity index (χ3v) is 2.72. The molecule has 1 amide bonds. The molecule has 0 bridgehead atoms. The first-order valence-electron chi connectivity index (χ1n) is 5.88. The van der Waals surface area contributed by atoms with Crippen LogP contribution < -0.4 is 0 Å². The lowest BCUT2D eigenvalue weighted by atomic mass is 10.1. The Kier molecular flexibility index (Phi) is 5.01. The van der Waals surface area contributed by atoms with Crippen LogP contribution in [0, 0.1) is 11.3 Å². The van der Waals surface area contributed by atoms with E-state index in [1.165, 1.54) is 23.2 Å². The molecule has 1 heterocycles. The van der Waals surface area contributed by atoms with Crippen molar-refractivity contribution in [2.75, 3.05) is 6.54 Å². The number of nitrogens with zero attached hydrogens (tertiary/aromatic N) is 3. The van der Waals surface area contributed by atoms with E-state index in [1.54, 1.807) is 13.8 Å². The minimum absolute atomic E-state index is 0.115. The first kappa shape index (κ1) is 14.6. The molecule has 0 fully saturated rings. The number of amides is 1. The summed E-state index contributed by atoms with van der Waals surface area (Å²) >= 11 is 0. The van der Waals surface area contributed by atoms with Crippen LogP contribution >= 0.6 is 0 Å². The Labute approximate surface area is 111 Å². The van der Waals surface area contributed by atoms with E-state index < -0.39 is 12.0 Å². The Morgan fingerprint density at radius 1 is 1.53 bits per heavy atom. The van der Waals surface area contributed by atoms with Gasteiger partial charge in [0, 0.05) is 18.8 Å². The number of carbonyl (C=O) groups is 2. The molecular formula is C13H15N3O3. The number of carbonyl (C=O) groups excluding carboxylic acids is 1. The second-order valence-electron chi connectivity index (χ2n) is 4.08. The van der Waals surface area contributed by atoms with Gasteiger partial charge in [-0.3, -0.25) is 9.59 Å². The molecule has 1 aromatic heterocycles. The monoisotopic (exact) mass is 261 g/mol. The highest BCUT2D eigenvalue weighted by Crippen LogP contribution is 2.10. The fraction of sp³-hybridized carbons (Fsp3) is 0.385. The molecule has 1 rings (SSSR count). The average molecular weight is 261 g/mol. The van der Waals surface area contributed by atoms with Gasteiger partial charge in [-0.15, -0.1) is 0 Å². The molecule has 19 heavy (non-hydrogen) atoms. The molecule has 1 atom stereocenters. The first-order valence-corrected chi connectivity index (χ1v) is 5.88. The summed E-state index contributed by atoms with van der Waals surface area (Å²) < 4.78 is 0. The maximum absolute atomic E-state index is 12.2. The standard InChI is InChI=1S/C13H15N3O3/c1-3-16(9(2)6-12(17)18)13(19)11-5-4-10(7-14)8-15-11/h4-5,8-9H,3,6H2,1-2H3,(H,17,18). The lowest BCUT2D eigenvalue weighted by Crippen LogP contribution is -2.40. The van der Waals surface area contributed by atoms with E-state index in [0.29, 0.717) is 12.1 Å². The van der Waals surface area contributed by atoms with Gasteiger partial charge in [0.15, 0.2) is 0 Å². The van der Waals surface area contributed by atoms with Gasteiger partial charge in [-0.05, 0) is 26.0 Å². The summed E-state index contributed by atoms with van der Waals surface area (Å²) in [5.74, 6) is -1.28. The van der Waals surface area contributed by atoms with E-state index in [2.05, 4.69) is 4.98 Å². The molecule has 100 valence electrons. The van der Waals surface area contributed by atoms with Crippen LogP contribution in [0.15, 0.2) is 18.3 Å². The Morgan fingerprint density at radius 2 is 2.21 bits per heavy atom. The molecule has 0 aliphatic heterocycles.